The second-order valence-corrected chi connectivity index (χ2v) is 9.82. The van der Waals surface area contributed by atoms with E-state index in [9.17, 15) is 0 Å². The molecule has 0 amide bonds. The number of piperidine rings is 1. The molecule has 0 bridgehead atoms. The monoisotopic (exact) mass is 467 g/mol. The van der Waals surface area contributed by atoms with Gasteiger partial charge in [0.05, 0.1) is 11.8 Å². The average molecular weight is 468 g/mol. The van der Waals surface area contributed by atoms with Gasteiger partial charge in [0, 0.05) is 50.0 Å². The molecule has 1 saturated heterocycles. The molecule has 7 rings (SSSR count). The van der Waals surface area contributed by atoms with Gasteiger partial charge in [-0.05, 0) is 29.8 Å². The molecule has 4 aliphatic rings. The third-order valence-electron chi connectivity index (χ3n) is 7.67. The smallest absolute Gasteiger partial charge is 0.200 e. The molecule has 0 N–H and O–H groups in total. The van der Waals surface area contributed by atoms with E-state index in [1.807, 2.05) is 6.07 Å². The van der Waals surface area contributed by atoms with Crippen molar-refractivity contribution in [1.29, 1.82) is 0 Å². The van der Waals surface area contributed by atoms with E-state index in [-0.39, 0.29) is 6.04 Å². The number of para-hydroxylation sites is 1. The summed E-state index contributed by atoms with van der Waals surface area (Å²) in [5.41, 5.74) is 4.34. The molecule has 1 spiro atoms. The molecular weight excluding hydrogens is 438 g/mol. The van der Waals surface area contributed by atoms with Crippen molar-refractivity contribution >= 4 is 5.71 Å². The molecule has 0 aliphatic carbocycles. The van der Waals surface area contributed by atoms with Gasteiger partial charge in [0.1, 0.15) is 19.0 Å². The Balaban J connectivity index is 1.19. The summed E-state index contributed by atoms with van der Waals surface area (Å²) in [7, 11) is 0. The first-order valence-electron chi connectivity index (χ1n) is 12.6. The van der Waals surface area contributed by atoms with Crippen LogP contribution >= 0.6 is 0 Å². The van der Waals surface area contributed by atoms with Crippen molar-refractivity contribution in [3.8, 4) is 17.2 Å². The Morgan fingerprint density at radius 1 is 0.829 bits per heavy atom. The largest absolute Gasteiger partial charge is 0.486 e. The van der Waals surface area contributed by atoms with Crippen molar-refractivity contribution < 1.29 is 14.2 Å². The highest BCUT2D eigenvalue weighted by Crippen LogP contribution is 2.50. The minimum Gasteiger partial charge on any atom is -0.486 e. The highest BCUT2D eigenvalue weighted by molar-refractivity contribution is 6.02. The number of likely N-dealkylation sites (tertiary alicyclic amines) is 1. The van der Waals surface area contributed by atoms with Crippen LogP contribution in [-0.2, 0) is 6.54 Å². The Morgan fingerprint density at radius 2 is 1.60 bits per heavy atom. The average Bonchev–Trinajstić information content (AvgIpc) is 3.38. The Labute approximate surface area is 205 Å². The van der Waals surface area contributed by atoms with Crippen molar-refractivity contribution in [3.63, 3.8) is 0 Å². The van der Waals surface area contributed by atoms with Gasteiger partial charge in [-0.2, -0.15) is 5.10 Å². The molecule has 3 aromatic carbocycles. The van der Waals surface area contributed by atoms with Gasteiger partial charge in [-0.1, -0.05) is 48.5 Å². The molecule has 6 nitrogen and oxygen atoms in total. The number of rotatable bonds is 3. The summed E-state index contributed by atoms with van der Waals surface area (Å²) in [4.78, 5) is 2.53. The number of ether oxygens (including phenoxy) is 3. The Morgan fingerprint density at radius 3 is 2.46 bits per heavy atom. The van der Waals surface area contributed by atoms with Crippen LogP contribution in [0.2, 0.25) is 0 Å². The van der Waals surface area contributed by atoms with E-state index in [1.165, 1.54) is 11.1 Å². The first kappa shape index (κ1) is 20.8. The zero-order valence-corrected chi connectivity index (χ0v) is 19.7. The maximum Gasteiger partial charge on any atom is 0.200 e. The SMILES string of the molecule is c1ccc(CN2CCC3(CC2)Oc2ccccc2[C@H]2CC(c4ccc5c(c4)OCCO5)=NN23)cc1. The maximum atomic E-state index is 6.80. The molecule has 4 aliphatic heterocycles. The van der Waals surface area contributed by atoms with E-state index in [0.29, 0.717) is 13.2 Å². The maximum absolute atomic E-state index is 6.80. The number of hydrogen-bond acceptors (Lipinski definition) is 6. The molecule has 0 aromatic heterocycles. The van der Waals surface area contributed by atoms with Gasteiger partial charge in [0.2, 0.25) is 5.72 Å². The third kappa shape index (κ3) is 3.64. The zero-order valence-electron chi connectivity index (χ0n) is 19.7. The van der Waals surface area contributed by atoms with Crippen LogP contribution in [0.4, 0.5) is 0 Å². The summed E-state index contributed by atoms with van der Waals surface area (Å²) >= 11 is 0. The Bertz CT molecular complexity index is 1270. The van der Waals surface area contributed by atoms with Gasteiger partial charge in [-0.15, -0.1) is 0 Å². The lowest BCUT2D eigenvalue weighted by Gasteiger charge is -2.51. The molecule has 1 fully saturated rings. The van der Waals surface area contributed by atoms with Gasteiger partial charge < -0.3 is 14.2 Å². The van der Waals surface area contributed by atoms with Gasteiger partial charge in [-0.25, -0.2) is 5.01 Å². The van der Waals surface area contributed by atoms with Crippen LogP contribution in [-0.4, -0.2) is 47.6 Å². The van der Waals surface area contributed by atoms with Crippen molar-refractivity contribution in [2.24, 2.45) is 5.10 Å². The summed E-state index contributed by atoms with van der Waals surface area (Å²) in [6.07, 6.45) is 2.70. The molecule has 4 heterocycles. The topological polar surface area (TPSA) is 46.5 Å². The minimum absolute atomic E-state index is 0.184. The van der Waals surface area contributed by atoms with Crippen molar-refractivity contribution in [1.82, 2.24) is 9.91 Å². The molecule has 1 atom stereocenters. The van der Waals surface area contributed by atoms with E-state index in [0.717, 1.165) is 67.4 Å². The van der Waals surface area contributed by atoms with E-state index in [1.54, 1.807) is 0 Å². The highest BCUT2D eigenvalue weighted by atomic mass is 16.6. The van der Waals surface area contributed by atoms with Gasteiger partial charge in [0.15, 0.2) is 11.5 Å². The molecule has 178 valence electrons. The molecule has 0 saturated carbocycles. The quantitative estimate of drug-likeness (QED) is 0.543. The second-order valence-electron chi connectivity index (χ2n) is 9.82. The fourth-order valence-electron chi connectivity index (χ4n) is 5.86. The van der Waals surface area contributed by atoms with Crippen LogP contribution in [0.15, 0.2) is 77.9 Å². The van der Waals surface area contributed by atoms with Gasteiger partial charge in [-0.3, -0.25) is 4.90 Å². The lowest BCUT2D eigenvalue weighted by atomic mass is 9.90. The Kier molecular flexibility index (Phi) is 4.94. The van der Waals surface area contributed by atoms with E-state index >= 15 is 0 Å². The van der Waals surface area contributed by atoms with E-state index in [4.69, 9.17) is 19.3 Å². The second kappa shape index (κ2) is 8.31. The number of nitrogens with zero attached hydrogens (tertiary/aromatic N) is 3. The van der Waals surface area contributed by atoms with E-state index in [2.05, 4.69) is 76.6 Å². The van der Waals surface area contributed by atoms with Crippen molar-refractivity contribution in [3.05, 3.63) is 89.5 Å². The molecule has 6 heteroatoms. The lowest BCUT2D eigenvalue weighted by Crippen LogP contribution is -2.59. The number of fused-ring (bicyclic) bond motifs is 5. The predicted molar refractivity (Wildman–Crippen MR) is 134 cm³/mol. The van der Waals surface area contributed by atoms with Crippen LogP contribution < -0.4 is 14.2 Å². The Hall–Kier alpha value is -3.51. The highest BCUT2D eigenvalue weighted by Gasteiger charge is 2.51. The first-order valence-corrected chi connectivity index (χ1v) is 12.6. The van der Waals surface area contributed by atoms with Crippen molar-refractivity contribution in [2.45, 2.75) is 37.6 Å². The van der Waals surface area contributed by atoms with Crippen LogP contribution in [0.25, 0.3) is 0 Å². The van der Waals surface area contributed by atoms with E-state index < -0.39 is 5.72 Å². The number of hydrogen-bond donors (Lipinski definition) is 0. The molecule has 0 unspecified atom stereocenters. The number of benzene rings is 3. The zero-order chi connectivity index (χ0) is 23.2. The van der Waals surface area contributed by atoms with Crippen LogP contribution in [0.5, 0.6) is 17.2 Å². The summed E-state index contributed by atoms with van der Waals surface area (Å²) < 4.78 is 18.4. The first-order chi connectivity index (χ1) is 17.3. The van der Waals surface area contributed by atoms with Gasteiger partial charge in [0.25, 0.3) is 0 Å². The summed E-state index contributed by atoms with van der Waals surface area (Å²) in [5.74, 6) is 2.62. The third-order valence-corrected chi connectivity index (χ3v) is 7.67. The molecule has 35 heavy (non-hydrogen) atoms. The summed E-state index contributed by atoms with van der Waals surface area (Å²) in [6, 6.07) is 25.6. The minimum atomic E-state index is -0.415. The summed E-state index contributed by atoms with van der Waals surface area (Å²) in [5, 5.41) is 7.50. The summed E-state index contributed by atoms with van der Waals surface area (Å²) in [6.45, 7) is 4.12. The van der Waals surface area contributed by atoms with Crippen LogP contribution in [0.3, 0.4) is 0 Å². The van der Waals surface area contributed by atoms with Crippen LogP contribution in [0, 0.1) is 0 Å². The fraction of sp³-hybridized carbons (Fsp3) is 0.345. The standard InChI is InChI=1S/C29H29N3O3/c1-2-6-21(7-3-1)20-31-14-12-29(13-15-31)32-25(23-8-4-5-9-26(23)35-29)19-24(30-32)22-10-11-27-28(18-22)34-17-16-33-27/h1-11,18,25H,12-17,19-20H2/t25-/m1/s1. The number of hydrazone groups is 1. The van der Waals surface area contributed by atoms with Crippen LogP contribution in [0.1, 0.15) is 42.0 Å². The normalized spacial score (nSPS) is 22.2. The fourth-order valence-corrected chi connectivity index (χ4v) is 5.86. The lowest BCUT2D eigenvalue weighted by molar-refractivity contribution is -0.150. The molecule has 0 radical (unpaired) electrons. The molecule has 3 aromatic rings. The molecular formula is C29H29N3O3. The predicted octanol–water partition coefficient (Wildman–Crippen LogP) is 4.99. The van der Waals surface area contributed by atoms with Gasteiger partial charge >= 0.3 is 0 Å². The van der Waals surface area contributed by atoms with Crippen molar-refractivity contribution in [2.75, 3.05) is 26.3 Å².